The number of fused-ring (bicyclic) bond motifs is 1. The lowest BCUT2D eigenvalue weighted by Gasteiger charge is -2.26. The van der Waals surface area contributed by atoms with Crippen LogP contribution in [0.5, 0.6) is 5.75 Å². The van der Waals surface area contributed by atoms with Gasteiger partial charge >= 0.3 is 4.87 Å². The maximum atomic E-state index is 13.4. The van der Waals surface area contributed by atoms with Crippen LogP contribution in [0.15, 0.2) is 81.3 Å². The highest BCUT2D eigenvalue weighted by Crippen LogP contribution is 2.32. The van der Waals surface area contributed by atoms with Crippen LogP contribution in [0.4, 0.5) is 5.69 Å². The number of nitrogens with zero attached hydrogens (tertiary/aromatic N) is 2. The summed E-state index contributed by atoms with van der Waals surface area (Å²) in [5.74, 6) is 0.186. The summed E-state index contributed by atoms with van der Waals surface area (Å²) >= 11 is 0.970. The molecule has 0 saturated carbocycles. The number of thiazole rings is 1. The molecule has 200 valence electrons. The first-order valence-electron chi connectivity index (χ1n) is 12.1. The van der Waals surface area contributed by atoms with Crippen molar-refractivity contribution in [2.75, 3.05) is 24.9 Å². The lowest BCUT2D eigenvalue weighted by Crippen LogP contribution is -2.35. The van der Waals surface area contributed by atoms with Gasteiger partial charge in [-0.1, -0.05) is 48.1 Å². The van der Waals surface area contributed by atoms with Crippen LogP contribution in [0.1, 0.15) is 24.8 Å². The molecule has 4 aromatic rings. The van der Waals surface area contributed by atoms with E-state index in [9.17, 15) is 21.6 Å². The molecule has 1 aliphatic rings. The standard InChI is InChI=1S/C26H27N3O6S3/c1-35-24-13-11-21(38(33,34)28-14-6-3-7-15-28)16-22(24)27-37(31,32)20-10-12-23-25(17-20)36-26(30)29(23)18-19-8-4-2-5-9-19/h2,4-5,8-13,16-17,27H,3,6-7,14-15,18H2,1H3. The summed E-state index contributed by atoms with van der Waals surface area (Å²) in [5.41, 5.74) is 1.61. The molecular weight excluding hydrogens is 547 g/mol. The van der Waals surface area contributed by atoms with Crippen molar-refractivity contribution in [2.45, 2.75) is 35.6 Å². The molecule has 1 aliphatic heterocycles. The Bertz CT molecular complexity index is 1740. The number of hydrogen-bond donors (Lipinski definition) is 1. The van der Waals surface area contributed by atoms with Crippen molar-refractivity contribution in [3.8, 4) is 5.75 Å². The predicted molar refractivity (Wildman–Crippen MR) is 148 cm³/mol. The molecule has 9 nitrogen and oxygen atoms in total. The Labute approximate surface area is 225 Å². The molecule has 5 rings (SSSR count). The first-order valence-corrected chi connectivity index (χ1v) is 15.8. The number of aromatic nitrogens is 1. The Morgan fingerprint density at radius 2 is 1.61 bits per heavy atom. The molecule has 3 aromatic carbocycles. The number of piperidine rings is 1. The fourth-order valence-electron chi connectivity index (χ4n) is 4.51. The summed E-state index contributed by atoms with van der Waals surface area (Å²) < 4.78 is 64.4. The normalized spacial score (nSPS) is 15.0. The monoisotopic (exact) mass is 573 g/mol. The Kier molecular flexibility index (Phi) is 7.32. The van der Waals surface area contributed by atoms with Crippen LogP contribution in [0.3, 0.4) is 0 Å². The fraction of sp³-hybridized carbons (Fsp3) is 0.269. The third kappa shape index (κ3) is 5.21. The zero-order valence-electron chi connectivity index (χ0n) is 20.7. The van der Waals surface area contributed by atoms with Crippen molar-refractivity contribution in [1.29, 1.82) is 0 Å². The lowest BCUT2D eigenvalue weighted by molar-refractivity contribution is 0.346. The van der Waals surface area contributed by atoms with Gasteiger partial charge in [-0.05, 0) is 54.8 Å². The van der Waals surface area contributed by atoms with Gasteiger partial charge in [0, 0.05) is 13.1 Å². The highest BCUT2D eigenvalue weighted by Gasteiger charge is 2.28. The van der Waals surface area contributed by atoms with E-state index in [-0.39, 0.29) is 26.1 Å². The van der Waals surface area contributed by atoms with Crippen molar-refractivity contribution in [3.63, 3.8) is 0 Å². The maximum absolute atomic E-state index is 13.4. The summed E-state index contributed by atoms with van der Waals surface area (Å²) in [6.07, 6.45) is 2.56. The van der Waals surface area contributed by atoms with Crippen LogP contribution >= 0.6 is 11.3 Å². The summed E-state index contributed by atoms with van der Waals surface area (Å²) in [4.78, 5) is 12.4. The van der Waals surface area contributed by atoms with Crippen molar-refractivity contribution < 1.29 is 21.6 Å². The Morgan fingerprint density at radius 1 is 0.895 bits per heavy atom. The van der Waals surface area contributed by atoms with Gasteiger partial charge in [-0.2, -0.15) is 4.31 Å². The summed E-state index contributed by atoms with van der Waals surface area (Å²) in [7, 11) is -6.53. The van der Waals surface area contributed by atoms with Gasteiger partial charge < -0.3 is 4.74 Å². The summed E-state index contributed by atoms with van der Waals surface area (Å²) in [6, 6.07) is 18.2. The molecule has 0 radical (unpaired) electrons. The number of benzene rings is 3. The molecule has 0 unspecified atom stereocenters. The number of ether oxygens (including phenoxy) is 1. The van der Waals surface area contributed by atoms with E-state index in [4.69, 9.17) is 4.74 Å². The molecule has 38 heavy (non-hydrogen) atoms. The molecule has 0 amide bonds. The molecule has 1 N–H and O–H groups in total. The second-order valence-corrected chi connectivity index (χ2v) is 13.6. The van der Waals surface area contributed by atoms with Gasteiger partial charge in [-0.15, -0.1) is 0 Å². The molecule has 2 heterocycles. The second kappa shape index (κ2) is 10.5. The smallest absolute Gasteiger partial charge is 0.308 e. The SMILES string of the molecule is COc1ccc(S(=O)(=O)N2CCCCC2)cc1NS(=O)(=O)c1ccc2c(c1)sc(=O)n2Cc1ccccc1. The minimum Gasteiger partial charge on any atom is -0.495 e. The first kappa shape index (κ1) is 26.4. The first-order chi connectivity index (χ1) is 18.2. The van der Waals surface area contributed by atoms with Gasteiger partial charge in [0.05, 0.1) is 39.3 Å². The van der Waals surface area contributed by atoms with E-state index in [2.05, 4.69) is 4.72 Å². The van der Waals surface area contributed by atoms with Crippen LogP contribution in [0.2, 0.25) is 0 Å². The van der Waals surface area contributed by atoms with Gasteiger partial charge in [0.25, 0.3) is 10.0 Å². The van der Waals surface area contributed by atoms with E-state index in [1.54, 1.807) is 10.6 Å². The Hall–Kier alpha value is -3.19. The number of sulfonamides is 2. The average Bonchev–Trinajstić information content (AvgIpc) is 3.23. The number of rotatable bonds is 8. The number of hydrogen-bond acceptors (Lipinski definition) is 7. The van der Waals surface area contributed by atoms with Crippen molar-refractivity contribution in [1.82, 2.24) is 8.87 Å². The van der Waals surface area contributed by atoms with E-state index in [0.717, 1.165) is 36.2 Å². The van der Waals surface area contributed by atoms with Gasteiger partial charge in [0.2, 0.25) is 10.0 Å². The molecule has 1 aromatic heterocycles. The molecule has 1 fully saturated rings. The van der Waals surface area contributed by atoms with Crippen LogP contribution in [-0.2, 0) is 26.6 Å². The fourth-order valence-corrected chi connectivity index (χ4v) is 8.15. The Balaban J connectivity index is 1.46. The van der Waals surface area contributed by atoms with Gasteiger partial charge in [-0.3, -0.25) is 14.1 Å². The molecule has 1 saturated heterocycles. The zero-order valence-corrected chi connectivity index (χ0v) is 23.1. The van der Waals surface area contributed by atoms with E-state index >= 15 is 0 Å². The number of nitrogens with one attached hydrogen (secondary N) is 1. The predicted octanol–water partition coefficient (Wildman–Crippen LogP) is 4.10. The molecule has 0 spiro atoms. The van der Waals surface area contributed by atoms with Crippen LogP contribution in [0.25, 0.3) is 10.2 Å². The van der Waals surface area contributed by atoms with Gasteiger partial charge in [-0.25, -0.2) is 16.8 Å². The highest BCUT2D eigenvalue weighted by atomic mass is 32.2. The molecule has 0 aliphatic carbocycles. The maximum Gasteiger partial charge on any atom is 0.308 e. The van der Waals surface area contributed by atoms with Crippen molar-refractivity contribution >= 4 is 47.3 Å². The highest BCUT2D eigenvalue weighted by molar-refractivity contribution is 7.92. The van der Waals surface area contributed by atoms with Crippen LogP contribution in [0, 0.1) is 0 Å². The van der Waals surface area contributed by atoms with Gasteiger partial charge in [0.1, 0.15) is 5.75 Å². The van der Waals surface area contributed by atoms with E-state index < -0.39 is 20.0 Å². The third-order valence-electron chi connectivity index (χ3n) is 6.50. The van der Waals surface area contributed by atoms with Crippen molar-refractivity contribution in [2.24, 2.45) is 0 Å². The second-order valence-electron chi connectivity index (χ2n) is 9.00. The lowest BCUT2D eigenvalue weighted by atomic mass is 10.2. The average molecular weight is 574 g/mol. The third-order valence-corrected chi connectivity index (χ3v) is 10.7. The minimum absolute atomic E-state index is 0.00967. The number of anilines is 1. The Morgan fingerprint density at radius 3 is 2.32 bits per heavy atom. The number of methoxy groups -OCH3 is 1. The van der Waals surface area contributed by atoms with Crippen LogP contribution in [-0.4, -0.2) is 45.9 Å². The quantitative estimate of drug-likeness (QED) is 0.340. The topological polar surface area (TPSA) is 115 Å². The summed E-state index contributed by atoms with van der Waals surface area (Å²) in [5, 5.41) is 0. The van der Waals surface area contributed by atoms with E-state index in [1.165, 1.54) is 41.7 Å². The summed E-state index contributed by atoms with van der Waals surface area (Å²) in [6.45, 7) is 1.24. The molecule has 0 bridgehead atoms. The molecular formula is C26H27N3O6S3. The van der Waals surface area contributed by atoms with Gasteiger partial charge in [0.15, 0.2) is 0 Å². The molecule has 12 heteroatoms. The molecule has 0 atom stereocenters. The largest absolute Gasteiger partial charge is 0.495 e. The van der Waals surface area contributed by atoms with Crippen molar-refractivity contribution in [3.05, 3.63) is 82.0 Å². The van der Waals surface area contributed by atoms with E-state index in [1.807, 2.05) is 30.3 Å². The minimum atomic E-state index is -4.13. The van der Waals surface area contributed by atoms with Crippen LogP contribution < -0.4 is 14.3 Å². The zero-order chi connectivity index (χ0) is 26.9. The van der Waals surface area contributed by atoms with E-state index in [0.29, 0.717) is 29.9 Å².